The topological polar surface area (TPSA) is 0 Å². The van der Waals surface area contributed by atoms with Crippen LogP contribution >= 0.6 is 7.26 Å². The van der Waals surface area contributed by atoms with Gasteiger partial charge in [0.2, 0.25) is 0 Å². The van der Waals surface area contributed by atoms with Crippen LogP contribution in [0.4, 0.5) is 0 Å². The van der Waals surface area contributed by atoms with Crippen LogP contribution in [0.3, 0.4) is 0 Å². The first kappa shape index (κ1) is 24.4. The predicted octanol–water partition coefficient (Wildman–Crippen LogP) is 8.67. The molecular weight excluding hydrogens is 307 g/mol. The van der Waals surface area contributed by atoms with E-state index in [2.05, 4.69) is 27.7 Å². The van der Waals surface area contributed by atoms with Gasteiger partial charge in [0.1, 0.15) is 0 Å². The van der Waals surface area contributed by atoms with Crippen molar-refractivity contribution in [3.05, 3.63) is 0 Å². The molecule has 148 valence electrons. The Balaban J connectivity index is 4.58. The zero-order valence-corrected chi connectivity index (χ0v) is 18.9. The van der Waals surface area contributed by atoms with Gasteiger partial charge in [-0.2, -0.15) is 0 Å². The van der Waals surface area contributed by atoms with Gasteiger partial charge >= 0.3 is 156 Å². The Kier molecular flexibility index (Phi) is 18.6. The van der Waals surface area contributed by atoms with Crippen LogP contribution in [0.5, 0.6) is 0 Å². The summed E-state index contributed by atoms with van der Waals surface area (Å²) in [7, 11) is -0.983. The second-order valence-corrected chi connectivity index (χ2v) is 13.4. The van der Waals surface area contributed by atoms with Crippen molar-refractivity contribution in [2.45, 2.75) is 124 Å². The molecule has 0 aromatic heterocycles. The van der Waals surface area contributed by atoms with Gasteiger partial charge in [0.15, 0.2) is 0 Å². The van der Waals surface area contributed by atoms with Crippen LogP contribution in [-0.4, -0.2) is 24.6 Å². The molecule has 0 N–H and O–H groups in total. The molecular formula is C23H51P. The van der Waals surface area contributed by atoms with E-state index in [4.69, 9.17) is 0 Å². The van der Waals surface area contributed by atoms with E-state index in [0.29, 0.717) is 0 Å². The van der Waals surface area contributed by atoms with Crippen molar-refractivity contribution in [3.8, 4) is 0 Å². The number of rotatable bonds is 19. The van der Waals surface area contributed by atoms with Gasteiger partial charge in [0, 0.05) is 0 Å². The number of hydrogen-bond donors (Lipinski definition) is 0. The van der Waals surface area contributed by atoms with Gasteiger partial charge in [0.05, 0.1) is 0 Å². The third kappa shape index (κ3) is 13.7. The summed E-state index contributed by atoms with van der Waals surface area (Å²) < 4.78 is 0. The molecule has 0 aliphatic heterocycles. The average molecular weight is 359 g/mol. The van der Waals surface area contributed by atoms with E-state index in [1.807, 2.05) is 0 Å². The normalized spacial score (nSPS) is 12.7. The molecule has 0 atom stereocenters. The molecule has 0 fully saturated rings. The molecule has 0 aromatic rings. The van der Waals surface area contributed by atoms with E-state index in [-0.39, 0.29) is 0 Å². The maximum atomic E-state index is 2.37. The minimum atomic E-state index is -0.983. The van der Waals surface area contributed by atoms with Gasteiger partial charge in [-0.05, 0) is 0 Å². The summed E-state index contributed by atoms with van der Waals surface area (Å²) in [5.41, 5.74) is 0. The molecule has 0 saturated carbocycles. The van der Waals surface area contributed by atoms with E-state index >= 15 is 0 Å². The standard InChI is InChI=1S/C23H51P/c1-5-9-13-17-21-24(20-16-12-8-4,22-18-14-10-6-2)23-19-15-11-7-3/h24H,5-23H2,1-4H3. The molecule has 1 heteroatoms. The second kappa shape index (κ2) is 18.2. The molecule has 0 bridgehead atoms. The van der Waals surface area contributed by atoms with Crippen LogP contribution in [0.15, 0.2) is 0 Å². The summed E-state index contributed by atoms with van der Waals surface area (Å²) in [6, 6.07) is 0. The van der Waals surface area contributed by atoms with Crippen molar-refractivity contribution >= 4 is 7.26 Å². The molecule has 24 heavy (non-hydrogen) atoms. The van der Waals surface area contributed by atoms with Crippen LogP contribution in [0, 0.1) is 0 Å². The van der Waals surface area contributed by atoms with Gasteiger partial charge in [-0.3, -0.25) is 0 Å². The Hall–Kier alpha value is 0.430. The van der Waals surface area contributed by atoms with Gasteiger partial charge in [0.25, 0.3) is 0 Å². The molecule has 0 saturated heterocycles. The molecule has 0 nitrogen and oxygen atoms in total. The fraction of sp³-hybridized carbons (Fsp3) is 1.00. The van der Waals surface area contributed by atoms with Gasteiger partial charge in [-0.15, -0.1) is 0 Å². The van der Waals surface area contributed by atoms with E-state index in [9.17, 15) is 0 Å². The summed E-state index contributed by atoms with van der Waals surface area (Å²) in [4.78, 5) is 0. The molecule has 0 rings (SSSR count). The van der Waals surface area contributed by atoms with Crippen molar-refractivity contribution in [1.29, 1.82) is 0 Å². The van der Waals surface area contributed by atoms with Gasteiger partial charge in [-0.1, -0.05) is 0 Å². The van der Waals surface area contributed by atoms with Crippen molar-refractivity contribution in [1.82, 2.24) is 0 Å². The number of unbranched alkanes of at least 4 members (excludes halogenated alkanes) is 11. The first-order valence-corrected chi connectivity index (χ1v) is 14.6. The first-order chi connectivity index (χ1) is 11.7. The second-order valence-electron chi connectivity index (χ2n) is 8.39. The van der Waals surface area contributed by atoms with E-state index in [1.54, 1.807) is 43.9 Å². The van der Waals surface area contributed by atoms with Crippen LogP contribution in [-0.2, 0) is 0 Å². The molecule has 0 unspecified atom stereocenters. The maximum absolute atomic E-state index is 2.37. The SMILES string of the molecule is CCCCCC[PH](CCCCC)(CCCCCC)CCCCCC. The van der Waals surface area contributed by atoms with E-state index in [0.717, 1.165) is 0 Å². The van der Waals surface area contributed by atoms with Crippen LogP contribution in [0.1, 0.15) is 124 Å². The van der Waals surface area contributed by atoms with Crippen LogP contribution in [0.2, 0.25) is 0 Å². The summed E-state index contributed by atoms with van der Waals surface area (Å²) in [6.45, 7) is 9.41. The molecule has 0 heterocycles. The Morgan fingerprint density at radius 3 is 0.875 bits per heavy atom. The molecule has 0 aromatic carbocycles. The van der Waals surface area contributed by atoms with Crippen molar-refractivity contribution in [2.24, 2.45) is 0 Å². The third-order valence-corrected chi connectivity index (χ3v) is 11.6. The Morgan fingerprint density at radius 2 is 0.583 bits per heavy atom. The van der Waals surface area contributed by atoms with Crippen molar-refractivity contribution in [2.75, 3.05) is 24.6 Å². The monoisotopic (exact) mass is 358 g/mol. The Morgan fingerprint density at radius 1 is 0.333 bits per heavy atom. The zero-order chi connectivity index (χ0) is 17.9. The fourth-order valence-electron chi connectivity index (χ4n) is 4.28. The van der Waals surface area contributed by atoms with Gasteiger partial charge < -0.3 is 0 Å². The Labute approximate surface area is 156 Å². The molecule has 0 spiro atoms. The summed E-state index contributed by atoms with van der Waals surface area (Å²) in [5, 5.41) is 0. The van der Waals surface area contributed by atoms with Crippen molar-refractivity contribution < 1.29 is 0 Å². The quantitative estimate of drug-likeness (QED) is 0.160. The zero-order valence-electron chi connectivity index (χ0n) is 17.9. The molecule has 0 aliphatic carbocycles. The minimum absolute atomic E-state index is 0.983. The number of hydrogen-bond acceptors (Lipinski definition) is 0. The van der Waals surface area contributed by atoms with Crippen LogP contribution in [0.25, 0.3) is 0 Å². The molecule has 0 radical (unpaired) electrons. The molecule has 0 amide bonds. The summed E-state index contributed by atoms with van der Waals surface area (Å²) in [5.74, 6) is 0. The fourth-order valence-corrected chi connectivity index (χ4v) is 9.78. The van der Waals surface area contributed by atoms with E-state index in [1.165, 1.54) is 77.0 Å². The first-order valence-electron chi connectivity index (χ1n) is 11.7. The Bertz CT molecular complexity index is 205. The average Bonchev–Trinajstić information content (AvgIpc) is 2.60. The third-order valence-electron chi connectivity index (χ3n) is 5.99. The van der Waals surface area contributed by atoms with E-state index < -0.39 is 7.26 Å². The molecule has 0 aliphatic rings. The summed E-state index contributed by atoms with van der Waals surface area (Å²) >= 11 is 0. The van der Waals surface area contributed by atoms with Crippen molar-refractivity contribution in [3.63, 3.8) is 0 Å². The predicted molar refractivity (Wildman–Crippen MR) is 120 cm³/mol. The summed E-state index contributed by atoms with van der Waals surface area (Å²) in [6.07, 6.45) is 28.8. The van der Waals surface area contributed by atoms with Crippen LogP contribution < -0.4 is 0 Å². The van der Waals surface area contributed by atoms with Gasteiger partial charge in [-0.25, -0.2) is 0 Å².